The highest BCUT2D eigenvalue weighted by atomic mass is 16.2. The summed E-state index contributed by atoms with van der Waals surface area (Å²) in [4.78, 5) is 25.1. The maximum atomic E-state index is 11.8. The molecule has 3 N–H and O–H groups in total. The lowest BCUT2D eigenvalue weighted by molar-refractivity contribution is -0.147. The lowest BCUT2D eigenvalue weighted by atomic mass is 10.1. The number of hydrogen-bond acceptors (Lipinski definition) is 3. The zero-order valence-corrected chi connectivity index (χ0v) is 8.03. The summed E-state index contributed by atoms with van der Waals surface area (Å²) in [5, 5.41) is 2.73. The topological polar surface area (TPSA) is 75.4 Å². The first-order valence-electron chi connectivity index (χ1n) is 5.05. The molecule has 0 saturated carbocycles. The Morgan fingerprint density at radius 3 is 3.00 bits per heavy atom. The first-order valence-corrected chi connectivity index (χ1v) is 5.05. The van der Waals surface area contributed by atoms with E-state index in [-0.39, 0.29) is 23.9 Å². The standard InChI is InChI=1S/C9H15N3O2/c10-4-3-6-9(14)12-5-1-2-7(12)8(13)11-6/h6-7H,1-5,10H2,(H,11,13)/t6-,7+/m1/s1. The molecule has 0 aromatic heterocycles. The third-order valence-corrected chi connectivity index (χ3v) is 2.91. The Kier molecular flexibility index (Phi) is 2.41. The summed E-state index contributed by atoms with van der Waals surface area (Å²) in [6, 6.07) is -0.599. The molecule has 5 nitrogen and oxygen atoms in total. The molecule has 2 fully saturated rings. The Labute approximate surface area is 82.6 Å². The van der Waals surface area contributed by atoms with E-state index in [1.54, 1.807) is 4.90 Å². The van der Waals surface area contributed by atoms with Gasteiger partial charge in [-0.15, -0.1) is 0 Å². The number of hydrogen-bond donors (Lipinski definition) is 2. The van der Waals surface area contributed by atoms with Crippen LogP contribution in [0.4, 0.5) is 0 Å². The molecule has 0 aromatic rings. The molecule has 0 aromatic carbocycles. The van der Waals surface area contributed by atoms with E-state index in [1.807, 2.05) is 0 Å². The van der Waals surface area contributed by atoms with Crippen molar-refractivity contribution in [3.63, 3.8) is 0 Å². The molecule has 0 aliphatic carbocycles. The fourth-order valence-electron chi connectivity index (χ4n) is 2.20. The summed E-state index contributed by atoms with van der Waals surface area (Å²) < 4.78 is 0. The zero-order chi connectivity index (χ0) is 10.1. The van der Waals surface area contributed by atoms with E-state index >= 15 is 0 Å². The van der Waals surface area contributed by atoms with E-state index in [0.29, 0.717) is 13.0 Å². The van der Waals surface area contributed by atoms with Crippen LogP contribution in [0.2, 0.25) is 0 Å². The van der Waals surface area contributed by atoms with Gasteiger partial charge in [-0.3, -0.25) is 9.59 Å². The lowest BCUT2D eigenvalue weighted by Gasteiger charge is -2.34. The number of carbonyl (C=O) groups is 2. The van der Waals surface area contributed by atoms with Crippen LogP contribution in [0.25, 0.3) is 0 Å². The maximum absolute atomic E-state index is 11.8. The highest BCUT2D eigenvalue weighted by molar-refractivity contribution is 5.97. The van der Waals surface area contributed by atoms with Crippen molar-refractivity contribution in [3.05, 3.63) is 0 Å². The number of carbonyl (C=O) groups excluding carboxylic acids is 2. The van der Waals surface area contributed by atoms with Crippen LogP contribution in [0.3, 0.4) is 0 Å². The van der Waals surface area contributed by atoms with Crippen molar-refractivity contribution >= 4 is 11.8 Å². The minimum Gasteiger partial charge on any atom is -0.342 e. The number of nitrogens with two attached hydrogens (primary N) is 1. The van der Waals surface area contributed by atoms with Crippen LogP contribution in [0.5, 0.6) is 0 Å². The van der Waals surface area contributed by atoms with Gasteiger partial charge in [0, 0.05) is 6.54 Å². The molecule has 2 saturated heterocycles. The van der Waals surface area contributed by atoms with Gasteiger partial charge in [-0.1, -0.05) is 0 Å². The van der Waals surface area contributed by atoms with E-state index in [4.69, 9.17) is 5.73 Å². The van der Waals surface area contributed by atoms with Gasteiger partial charge >= 0.3 is 0 Å². The third kappa shape index (κ3) is 1.37. The fourth-order valence-corrected chi connectivity index (χ4v) is 2.20. The van der Waals surface area contributed by atoms with Crippen LogP contribution in [-0.2, 0) is 9.59 Å². The smallest absolute Gasteiger partial charge is 0.245 e. The fraction of sp³-hybridized carbons (Fsp3) is 0.778. The summed E-state index contributed by atoms with van der Waals surface area (Å²) >= 11 is 0. The highest BCUT2D eigenvalue weighted by Crippen LogP contribution is 2.22. The zero-order valence-electron chi connectivity index (χ0n) is 8.03. The molecule has 5 heteroatoms. The maximum Gasteiger partial charge on any atom is 0.245 e. The van der Waals surface area contributed by atoms with Gasteiger partial charge < -0.3 is 16.0 Å². The normalized spacial score (nSPS) is 31.6. The van der Waals surface area contributed by atoms with Crippen LogP contribution in [0, 0.1) is 0 Å². The predicted octanol–water partition coefficient (Wildman–Crippen LogP) is -1.18. The van der Waals surface area contributed by atoms with Crippen molar-refractivity contribution in [1.82, 2.24) is 10.2 Å². The number of nitrogens with one attached hydrogen (secondary N) is 1. The van der Waals surface area contributed by atoms with Gasteiger partial charge in [0.1, 0.15) is 12.1 Å². The number of rotatable bonds is 2. The summed E-state index contributed by atoms with van der Waals surface area (Å²) in [6.45, 7) is 1.15. The van der Waals surface area contributed by atoms with E-state index in [0.717, 1.165) is 19.4 Å². The van der Waals surface area contributed by atoms with Gasteiger partial charge in [0.05, 0.1) is 0 Å². The van der Waals surface area contributed by atoms with E-state index in [9.17, 15) is 9.59 Å². The molecule has 2 aliphatic rings. The van der Waals surface area contributed by atoms with Gasteiger partial charge in [0.25, 0.3) is 0 Å². The molecule has 2 aliphatic heterocycles. The van der Waals surface area contributed by atoms with Gasteiger partial charge in [0.15, 0.2) is 0 Å². The molecular weight excluding hydrogens is 182 g/mol. The quantitative estimate of drug-likeness (QED) is 0.585. The van der Waals surface area contributed by atoms with Gasteiger partial charge in [0.2, 0.25) is 11.8 Å². The van der Waals surface area contributed by atoms with E-state index in [1.165, 1.54) is 0 Å². The van der Waals surface area contributed by atoms with Crippen LogP contribution in [0.15, 0.2) is 0 Å². The molecule has 78 valence electrons. The minimum atomic E-state index is -0.387. The third-order valence-electron chi connectivity index (χ3n) is 2.91. The number of fused-ring (bicyclic) bond motifs is 1. The summed E-state index contributed by atoms with van der Waals surface area (Å²) in [6.07, 6.45) is 2.26. The second-order valence-corrected chi connectivity index (χ2v) is 3.83. The van der Waals surface area contributed by atoms with Crippen molar-refractivity contribution < 1.29 is 9.59 Å². The van der Waals surface area contributed by atoms with Crippen molar-refractivity contribution in [3.8, 4) is 0 Å². The Hall–Kier alpha value is -1.10. The lowest BCUT2D eigenvalue weighted by Crippen LogP contribution is -2.61. The monoisotopic (exact) mass is 197 g/mol. The molecule has 0 radical (unpaired) electrons. The first kappa shape index (κ1) is 9.45. The Balaban J connectivity index is 2.12. The molecule has 2 atom stereocenters. The van der Waals surface area contributed by atoms with Crippen molar-refractivity contribution in [2.75, 3.05) is 13.1 Å². The van der Waals surface area contributed by atoms with Crippen LogP contribution in [-0.4, -0.2) is 41.9 Å². The van der Waals surface area contributed by atoms with Crippen molar-refractivity contribution in [2.45, 2.75) is 31.3 Å². The highest BCUT2D eigenvalue weighted by Gasteiger charge is 2.42. The second kappa shape index (κ2) is 3.57. The molecule has 2 rings (SSSR count). The largest absolute Gasteiger partial charge is 0.342 e. The first-order chi connectivity index (χ1) is 6.74. The second-order valence-electron chi connectivity index (χ2n) is 3.83. The van der Waals surface area contributed by atoms with Crippen LogP contribution < -0.4 is 11.1 Å². The van der Waals surface area contributed by atoms with E-state index < -0.39 is 0 Å². The molecule has 2 amide bonds. The van der Waals surface area contributed by atoms with Gasteiger partial charge in [-0.2, -0.15) is 0 Å². The SMILES string of the molecule is NCC[C@H]1NC(=O)[C@@H]2CCCN2C1=O. The molecule has 2 heterocycles. The molecule has 14 heavy (non-hydrogen) atoms. The van der Waals surface area contributed by atoms with Crippen LogP contribution in [0.1, 0.15) is 19.3 Å². The summed E-state index contributed by atoms with van der Waals surface area (Å²) in [5.41, 5.74) is 5.38. The van der Waals surface area contributed by atoms with E-state index in [2.05, 4.69) is 5.32 Å². The van der Waals surface area contributed by atoms with Gasteiger partial charge in [-0.05, 0) is 25.8 Å². The number of piperazine rings is 1. The van der Waals surface area contributed by atoms with Crippen molar-refractivity contribution in [2.24, 2.45) is 5.73 Å². The number of amides is 2. The average molecular weight is 197 g/mol. The van der Waals surface area contributed by atoms with Crippen LogP contribution >= 0.6 is 0 Å². The van der Waals surface area contributed by atoms with Gasteiger partial charge in [-0.25, -0.2) is 0 Å². The van der Waals surface area contributed by atoms with Crippen molar-refractivity contribution in [1.29, 1.82) is 0 Å². The molecule has 0 spiro atoms. The number of nitrogens with zero attached hydrogens (tertiary/aromatic N) is 1. The Bertz CT molecular complexity index is 267. The Morgan fingerprint density at radius 1 is 1.50 bits per heavy atom. The Morgan fingerprint density at radius 2 is 2.29 bits per heavy atom. The predicted molar refractivity (Wildman–Crippen MR) is 50.3 cm³/mol. The molecule has 0 unspecified atom stereocenters. The molecule has 0 bridgehead atoms. The minimum absolute atomic E-state index is 0.0134. The average Bonchev–Trinajstić information content (AvgIpc) is 2.63. The summed E-state index contributed by atoms with van der Waals surface area (Å²) in [7, 11) is 0. The summed E-state index contributed by atoms with van der Waals surface area (Å²) in [5.74, 6) is 0.0260. The molecular formula is C9H15N3O2.